The molecule has 0 bridgehead atoms. The van der Waals surface area contributed by atoms with Crippen molar-refractivity contribution in [2.45, 2.75) is 45.4 Å². The summed E-state index contributed by atoms with van der Waals surface area (Å²) in [5, 5.41) is 17.9. The van der Waals surface area contributed by atoms with Crippen molar-refractivity contribution in [2.75, 3.05) is 27.2 Å². The van der Waals surface area contributed by atoms with Crippen molar-refractivity contribution >= 4 is 5.91 Å². The third kappa shape index (κ3) is 3.81. The molecule has 0 saturated carbocycles. The fourth-order valence-corrected chi connectivity index (χ4v) is 3.47. The molecule has 3 rings (SSSR count). The van der Waals surface area contributed by atoms with Crippen molar-refractivity contribution in [2.24, 2.45) is 0 Å². The molecule has 3 heterocycles. The number of likely N-dealkylation sites (tertiary alicyclic amines) is 1. The minimum Gasteiger partial charge on any atom is -0.453 e. The molecule has 0 atom stereocenters. The summed E-state index contributed by atoms with van der Waals surface area (Å²) in [7, 11) is 4.05. The van der Waals surface area contributed by atoms with E-state index in [-0.39, 0.29) is 18.3 Å². The topological polar surface area (TPSA) is 87.6 Å². The Bertz CT molecular complexity index is 744. The molecule has 0 aliphatic carbocycles. The number of hydrogen-bond acceptors (Lipinski definition) is 6. The maximum atomic E-state index is 12.5. The standard InChI is InChI=1S/C18H27N5O3/c1-4-23-16(11-21(2)3)19-20-17(23)13-7-9-22(10-8-13)18(25)15-6-5-14(12-24)26-15/h5-6,13,24H,4,7-12H2,1-3H3. The summed E-state index contributed by atoms with van der Waals surface area (Å²) < 4.78 is 7.56. The molecule has 1 fully saturated rings. The molecular weight excluding hydrogens is 334 g/mol. The summed E-state index contributed by atoms with van der Waals surface area (Å²) in [5.74, 6) is 2.90. The Morgan fingerprint density at radius 2 is 2.04 bits per heavy atom. The van der Waals surface area contributed by atoms with Gasteiger partial charge >= 0.3 is 0 Å². The van der Waals surface area contributed by atoms with Gasteiger partial charge in [-0.15, -0.1) is 10.2 Å². The monoisotopic (exact) mass is 361 g/mol. The largest absolute Gasteiger partial charge is 0.453 e. The predicted octanol–water partition coefficient (Wildman–Crippen LogP) is 1.46. The van der Waals surface area contributed by atoms with Crippen LogP contribution in [0.5, 0.6) is 0 Å². The van der Waals surface area contributed by atoms with Gasteiger partial charge in [0.05, 0.1) is 6.54 Å². The van der Waals surface area contributed by atoms with E-state index >= 15 is 0 Å². The average Bonchev–Trinajstić information content (AvgIpc) is 3.27. The average molecular weight is 361 g/mol. The van der Waals surface area contributed by atoms with Gasteiger partial charge in [0.15, 0.2) is 5.76 Å². The van der Waals surface area contributed by atoms with E-state index < -0.39 is 0 Å². The molecule has 8 nitrogen and oxygen atoms in total. The fourth-order valence-electron chi connectivity index (χ4n) is 3.47. The number of furan rings is 1. The van der Waals surface area contributed by atoms with E-state index in [1.807, 2.05) is 19.0 Å². The zero-order valence-electron chi connectivity index (χ0n) is 15.7. The van der Waals surface area contributed by atoms with Gasteiger partial charge in [-0.05, 0) is 46.0 Å². The maximum Gasteiger partial charge on any atom is 0.289 e. The first-order valence-corrected chi connectivity index (χ1v) is 9.09. The van der Waals surface area contributed by atoms with E-state index in [4.69, 9.17) is 9.52 Å². The Kier molecular flexibility index (Phi) is 5.73. The second kappa shape index (κ2) is 8.01. The number of nitrogens with zero attached hydrogens (tertiary/aromatic N) is 5. The van der Waals surface area contributed by atoms with Crippen molar-refractivity contribution in [3.05, 3.63) is 35.3 Å². The summed E-state index contributed by atoms with van der Waals surface area (Å²) in [6.45, 7) is 4.86. The smallest absolute Gasteiger partial charge is 0.289 e. The molecule has 0 unspecified atom stereocenters. The number of amides is 1. The molecular formula is C18H27N5O3. The van der Waals surface area contributed by atoms with Gasteiger partial charge in [-0.2, -0.15) is 0 Å². The van der Waals surface area contributed by atoms with Gasteiger partial charge in [-0.3, -0.25) is 4.79 Å². The molecule has 1 saturated heterocycles. The van der Waals surface area contributed by atoms with E-state index in [2.05, 4.69) is 26.6 Å². The van der Waals surface area contributed by atoms with Gasteiger partial charge in [-0.25, -0.2) is 0 Å². The third-order valence-electron chi connectivity index (χ3n) is 4.81. The number of aliphatic hydroxyl groups is 1. The van der Waals surface area contributed by atoms with E-state index in [1.54, 1.807) is 12.1 Å². The first-order chi connectivity index (χ1) is 12.5. The van der Waals surface area contributed by atoms with E-state index in [0.717, 1.165) is 37.6 Å². The van der Waals surface area contributed by atoms with Gasteiger partial charge in [-0.1, -0.05) is 0 Å². The molecule has 2 aromatic heterocycles. The molecule has 8 heteroatoms. The van der Waals surface area contributed by atoms with Gasteiger partial charge in [0, 0.05) is 25.6 Å². The molecule has 2 aromatic rings. The molecule has 1 N–H and O–H groups in total. The number of piperidine rings is 1. The predicted molar refractivity (Wildman–Crippen MR) is 95.6 cm³/mol. The summed E-state index contributed by atoms with van der Waals surface area (Å²) in [4.78, 5) is 16.4. The quantitative estimate of drug-likeness (QED) is 0.838. The highest BCUT2D eigenvalue weighted by Crippen LogP contribution is 2.28. The minimum atomic E-state index is -0.197. The van der Waals surface area contributed by atoms with E-state index in [0.29, 0.717) is 24.8 Å². The van der Waals surface area contributed by atoms with Crippen LogP contribution in [0.1, 0.15) is 53.6 Å². The van der Waals surface area contributed by atoms with Crippen LogP contribution in [0.2, 0.25) is 0 Å². The molecule has 0 spiro atoms. The van der Waals surface area contributed by atoms with Crippen LogP contribution in [0.3, 0.4) is 0 Å². The Morgan fingerprint density at radius 3 is 2.62 bits per heavy atom. The van der Waals surface area contributed by atoms with Crippen LogP contribution in [0.4, 0.5) is 0 Å². The lowest BCUT2D eigenvalue weighted by Crippen LogP contribution is -2.38. The summed E-state index contributed by atoms with van der Waals surface area (Å²) in [6.07, 6.45) is 1.72. The Labute approximate surface area is 153 Å². The van der Waals surface area contributed by atoms with Crippen LogP contribution in [-0.2, 0) is 19.7 Å². The van der Waals surface area contributed by atoms with Crippen molar-refractivity contribution < 1.29 is 14.3 Å². The number of hydrogen-bond donors (Lipinski definition) is 1. The van der Waals surface area contributed by atoms with Gasteiger partial charge < -0.3 is 23.9 Å². The van der Waals surface area contributed by atoms with Gasteiger partial charge in [0.25, 0.3) is 5.91 Å². The lowest BCUT2D eigenvalue weighted by Gasteiger charge is -2.31. The van der Waals surface area contributed by atoms with Gasteiger partial charge in [0.1, 0.15) is 24.0 Å². The lowest BCUT2D eigenvalue weighted by atomic mass is 9.95. The van der Waals surface area contributed by atoms with Crippen LogP contribution in [-0.4, -0.2) is 62.8 Å². The van der Waals surface area contributed by atoms with Crippen LogP contribution >= 0.6 is 0 Å². The van der Waals surface area contributed by atoms with Gasteiger partial charge in [0.2, 0.25) is 0 Å². The Morgan fingerprint density at radius 1 is 1.31 bits per heavy atom. The first-order valence-electron chi connectivity index (χ1n) is 9.09. The highest BCUT2D eigenvalue weighted by atomic mass is 16.4. The first kappa shape index (κ1) is 18.6. The molecule has 0 radical (unpaired) electrons. The second-order valence-electron chi connectivity index (χ2n) is 6.95. The van der Waals surface area contributed by atoms with Crippen LogP contribution < -0.4 is 0 Å². The number of carbonyl (C=O) groups is 1. The zero-order chi connectivity index (χ0) is 18.7. The maximum absolute atomic E-state index is 12.5. The third-order valence-corrected chi connectivity index (χ3v) is 4.81. The minimum absolute atomic E-state index is 0.117. The highest BCUT2D eigenvalue weighted by molar-refractivity contribution is 5.91. The highest BCUT2D eigenvalue weighted by Gasteiger charge is 2.29. The van der Waals surface area contributed by atoms with Crippen molar-refractivity contribution in [3.8, 4) is 0 Å². The van der Waals surface area contributed by atoms with Crippen LogP contribution in [0.25, 0.3) is 0 Å². The molecule has 26 heavy (non-hydrogen) atoms. The van der Waals surface area contributed by atoms with Crippen molar-refractivity contribution in [3.63, 3.8) is 0 Å². The molecule has 1 amide bonds. The van der Waals surface area contributed by atoms with Crippen molar-refractivity contribution in [1.29, 1.82) is 0 Å². The second-order valence-corrected chi connectivity index (χ2v) is 6.95. The van der Waals surface area contributed by atoms with E-state index in [9.17, 15) is 4.79 Å². The number of rotatable bonds is 6. The molecule has 1 aliphatic rings. The Balaban J connectivity index is 1.65. The zero-order valence-corrected chi connectivity index (χ0v) is 15.7. The van der Waals surface area contributed by atoms with Crippen LogP contribution in [0, 0.1) is 0 Å². The van der Waals surface area contributed by atoms with E-state index in [1.165, 1.54) is 0 Å². The Hall–Kier alpha value is -2.19. The molecule has 142 valence electrons. The fraction of sp³-hybridized carbons (Fsp3) is 0.611. The molecule has 0 aromatic carbocycles. The molecule has 1 aliphatic heterocycles. The summed E-state index contributed by atoms with van der Waals surface area (Å²) in [5.41, 5.74) is 0. The number of aromatic nitrogens is 3. The lowest BCUT2D eigenvalue weighted by molar-refractivity contribution is 0.0673. The number of carbonyl (C=O) groups excluding carboxylic acids is 1. The normalized spacial score (nSPS) is 15.8. The van der Waals surface area contributed by atoms with Crippen molar-refractivity contribution in [1.82, 2.24) is 24.6 Å². The summed E-state index contributed by atoms with van der Waals surface area (Å²) >= 11 is 0. The number of aliphatic hydroxyl groups excluding tert-OH is 1. The van der Waals surface area contributed by atoms with Crippen LogP contribution in [0.15, 0.2) is 16.5 Å². The SMILES string of the molecule is CCn1c(CN(C)C)nnc1C1CCN(C(=O)c2ccc(CO)o2)CC1. The summed E-state index contributed by atoms with van der Waals surface area (Å²) in [6, 6.07) is 3.26.